The Morgan fingerprint density at radius 1 is 1.38 bits per heavy atom. The van der Waals surface area contributed by atoms with E-state index in [2.05, 4.69) is 12.0 Å². The Morgan fingerprint density at radius 3 is 2.84 bits per heavy atom. The highest BCUT2D eigenvalue weighted by Crippen LogP contribution is 2.42. The third kappa shape index (κ3) is 3.74. The van der Waals surface area contributed by atoms with Gasteiger partial charge < -0.3 is 24.2 Å². The number of carbonyl (C=O) groups excluding carboxylic acids is 2. The summed E-state index contributed by atoms with van der Waals surface area (Å²) in [5.74, 6) is -0.354. The Kier molecular flexibility index (Phi) is 6.20. The van der Waals surface area contributed by atoms with E-state index < -0.39 is 18.4 Å². The van der Waals surface area contributed by atoms with Crippen molar-refractivity contribution in [2.24, 2.45) is 0 Å². The van der Waals surface area contributed by atoms with Gasteiger partial charge in [0.2, 0.25) is 0 Å². The summed E-state index contributed by atoms with van der Waals surface area (Å²) in [6.07, 6.45) is 2.42. The summed E-state index contributed by atoms with van der Waals surface area (Å²) in [5, 5.41) is 14.5. The maximum absolute atomic E-state index is 13.6. The van der Waals surface area contributed by atoms with Gasteiger partial charge in [-0.05, 0) is 40.5 Å². The molecule has 0 radical (unpaired) electrons. The fraction of sp³-hybridized carbons (Fsp3) is 0.304. The number of hydrogen-bond donors (Lipinski definition) is 1. The average Bonchev–Trinajstić information content (AvgIpc) is 3.32. The molecule has 2 atom stereocenters. The van der Waals surface area contributed by atoms with E-state index in [1.165, 1.54) is 37.3 Å². The van der Waals surface area contributed by atoms with Gasteiger partial charge in [-0.25, -0.2) is 9.69 Å². The summed E-state index contributed by atoms with van der Waals surface area (Å²) in [4.78, 5) is 29.7. The van der Waals surface area contributed by atoms with Crippen LogP contribution in [0.2, 0.25) is 0 Å². The summed E-state index contributed by atoms with van der Waals surface area (Å²) < 4.78 is 16.3. The number of fused-ring (bicyclic) bond motifs is 2. The van der Waals surface area contributed by atoms with Crippen molar-refractivity contribution in [1.82, 2.24) is 4.90 Å². The van der Waals surface area contributed by atoms with Crippen LogP contribution in [0.5, 0.6) is 11.5 Å². The minimum atomic E-state index is -0.840. The molecule has 4 rings (SSSR count). The molecule has 1 aromatic carbocycles. The summed E-state index contributed by atoms with van der Waals surface area (Å²) in [6.45, 7) is 3.93. The summed E-state index contributed by atoms with van der Waals surface area (Å²) in [6, 6.07) is 4.33. The second kappa shape index (κ2) is 9.05. The van der Waals surface area contributed by atoms with Crippen LogP contribution in [0, 0.1) is 0 Å². The number of rotatable bonds is 5. The Bertz CT molecular complexity index is 1060. The number of thiophene rings is 1. The zero-order valence-corrected chi connectivity index (χ0v) is 18.6. The van der Waals surface area contributed by atoms with E-state index in [0.717, 1.165) is 11.1 Å². The van der Waals surface area contributed by atoms with E-state index in [1.807, 2.05) is 17.5 Å². The van der Waals surface area contributed by atoms with Crippen LogP contribution in [0.15, 0.2) is 47.7 Å². The Balaban J connectivity index is 1.85. The molecule has 8 nitrogen and oxygen atoms in total. The fourth-order valence-corrected chi connectivity index (χ4v) is 4.83. The van der Waals surface area contributed by atoms with Gasteiger partial charge in [-0.15, -0.1) is 0 Å². The van der Waals surface area contributed by atoms with Crippen LogP contribution in [0.4, 0.5) is 10.5 Å². The third-order valence-corrected chi connectivity index (χ3v) is 6.33. The first-order chi connectivity index (χ1) is 15.5. The van der Waals surface area contributed by atoms with Gasteiger partial charge in [-0.2, -0.15) is 11.3 Å². The van der Waals surface area contributed by atoms with Crippen molar-refractivity contribution in [3.05, 3.63) is 58.8 Å². The molecule has 2 aliphatic rings. The van der Waals surface area contributed by atoms with Crippen LogP contribution < -0.4 is 9.64 Å². The lowest BCUT2D eigenvalue weighted by Crippen LogP contribution is -2.55. The number of aromatic hydroxyl groups is 1. The van der Waals surface area contributed by atoms with Gasteiger partial charge in [0, 0.05) is 19.7 Å². The molecule has 9 heteroatoms. The minimum absolute atomic E-state index is 0.00831. The molecule has 0 spiro atoms. The van der Waals surface area contributed by atoms with Crippen molar-refractivity contribution >= 4 is 34.6 Å². The van der Waals surface area contributed by atoms with Gasteiger partial charge in [-0.1, -0.05) is 18.7 Å². The monoisotopic (exact) mass is 456 g/mol. The fourth-order valence-electron chi connectivity index (χ4n) is 4.15. The van der Waals surface area contributed by atoms with Crippen LogP contribution in [-0.4, -0.2) is 61.6 Å². The number of hydrogen-bond acceptors (Lipinski definition) is 7. The smallest absolute Gasteiger partial charge is 0.416 e. The van der Waals surface area contributed by atoms with E-state index in [0.29, 0.717) is 13.0 Å². The lowest BCUT2D eigenvalue weighted by molar-refractivity contribution is 0.0175. The second-order valence-corrected chi connectivity index (χ2v) is 8.15. The zero-order chi connectivity index (χ0) is 22.8. The first kappa shape index (κ1) is 21.9. The highest BCUT2D eigenvalue weighted by Gasteiger charge is 2.45. The predicted octanol–water partition coefficient (Wildman–Crippen LogP) is 3.88. The van der Waals surface area contributed by atoms with Gasteiger partial charge in [-0.3, -0.25) is 4.79 Å². The summed E-state index contributed by atoms with van der Waals surface area (Å²) in [7, 11) is 2.88. The first-order valence-electron chi connectivity index (χ1n) is 10.0. The topological polar surface area (TPSA) is 88.5 Å². The number of ether oxygens (including phenoxy) is 3. The third-order valence-electron chi connectivity index (χ3n) is 5.65. The van der Waals surface area contributed by atoms with Crippen LogP contribution in [0.1, 0.15) is 22.3 Å². The first-order valence-corrected chi connectivity index (χ1v) is 11.0. The molecule has 0 aliphatic carbocycles. The van der Waals surface area contributed by atoms with E-state index in [4.69, 9.17) is 14.2 Å². The number of amides is 2. The van der Waals surface area contributed by atoms with Crippen LogP contribution in [-0.2, 0) is 9.47 Å². The average molecular weight is 457 g/mol. The number of benzene rings is 1. The Hall–Kier alpha value is -3.30. The van der Waals surface area contributed by atoms with Crippen molar-refractivity contribution in [3.8, 4) is 11.5 Å². The molecule has 1 unspecified atom stereocenters. The normalized spacial score (nSPS) is 20.1. The summed E-state index contributed by atoms with van der Waals surface area (Å²) >= 11 is 1.60. The zero-order valence-electron chi connectivity index (χ0n) is 17.8. The molecule has 0 fully saturated rings. The molecule has 1 aromatic heterocycles. The number of anilines is 1. The molecule has 1 N–H and O–H groups in total. The van der Waals surface area contributed by atoms with Crippen molar-refractivity contribution in [2.75, 3.05) is 32.3 Å². The van der Waals surface area contributed by atoms with Crippen molar-refractivity contribution in [3.63, 3.8) is 0 Å². The standard InChI is InChI=1S/C23H24N2O6S/c1-4-8-31-23(28)25-17-12-19(26)20(29-2)11-16(17)21(27)24-7-5-14(15-6-9-32-13-15)10-18(24)22(25)30-3/h4-6,9,11-13,18,22,26H,1,7-8,10H2,2-3H3/t18-,22?/m0/s1. The van der Waals surface area contributed by atoms with Crippen LogP contribution in [0.25, 0.3) is 5.57 Å². The molecule has 168 valence electrons. The van der Waals surface area contributed by atoms with Crippen LogP contribution >= 0.6 is 11.3 Å². The predicted molar refractivity (Wildman–Crippen MR) is 121 cm³/mol. The molecule has 32 heavy (non-hydrogen) atoms. The van der Waals surface area contributed by atoms with Crippen molar-refractivity contribution in [2.45, 2.75) is 18.7 Å². The van der Waals surface area contributed by atoms with E-state index >= 15 is 0 Å². The van der Waals surface area contributed by atoms with E-state index in [1.54, 1.807) is 16.2 Å². The molecule has 2 aliphatic heterocycles. The number of carbonyl (C=O) groups is 2. The largest absolute Gasteiger partial charge is 0.504 e. The summed E-state index contributed by atoms with van der Waals surface area (Å²) in [5.41, 5.74) is 2.57. The maximum atomic E-state index is 13.6. The molecule has 0 bridgehead atoms. The minimum Gasteiger partial charge on any atom is -0.504 e. The molecular weight excluding hydrogens is 432 g/mol. The molecule has 0 saturated heterocycles. The highest BCUT2D eigenvalue weighted by atomic mass is 32.1. The SMILES string of the molecule is C=CCOC(=O)N1c2cc(O)c(OC)cc2C(=O)N2CC=C(c3ccsc3)C[C@H]2C1OC. The number of phenolic OH excluding ortho intramolecular Hbond substituents is 1. The van der Waals surface area contributed by atoms with Crippen molar-refractivity contribution < 1.29 is 28.9 Å². The molecular formula is C23H24N2O6S. The lowest BCUT2D eigenvalue weighted by Gasteiger charge is -2.40. The maximum Gasteiger partial charge on any atom is 0.416 e. The van der Waals surface area contributed by atoms with Crippen LogP contribution in [0.3, 0.4) is 0 Å². The Morgan fingerprint density at radius 2 is 2.19 bits per heavy atom. The van der Waals surface area contributed by atoms with Gasteiger partial charge >= 0.3 is 6.09 Å². The quantitative estimate of drug-likeness (QED) is 0.687. The molecule has 2 aromatic rings. The van der Waals surface area contributed by atoms with E-state index in [-0.39, 0.29) is 35.3 Å². The Labute approximate surface area is 189 Å². The van der Waals surface area contributed by atoms with Crippen molar-refractivity contribution in [1.29, 1.82) is 0 Å². The number of nitrogens with zero attached hydrogens (tertiary/aromatic N) is 2. The van der Waals surface area contributed by atoms with E-state index in [9.17, 15) is 14.7 Å². The molecule has 3 heterocycles. The van der Waals surface area contributed by atoms with Gasteiger partial charge in [0.15, 0.2) is 17.7 Å². The highest BCUT2D eigenvalue weighted by molar-refractivity contribution is 7.08. The number of methoxy groups -OCH3 is 2. The van der Waals surface area contributed by atoms with Gasteiger partial charge in [0.25, 0.3) is 5.91 Å². The van der Waals surface area contributed by atoms with Gasteiger partial charge in [0.05, 0.1) is 24.4 Å². The molecule has 2 amide bonds. The second-order valence-electron chi connectivity index (χ2n) is 7.37. The number of phenols is 1. The molecule has 0 saturated carbocycles. The lowest BCUT2D eigenvalue weighted by atomic mass is 9.94. The van der Waals surface area contributed by atoms with Gasteiger partial charge in [0.1, 0.15) is 6.61 Å².